The molecule has 106 valence electrons. The first-order valence-corrected chi connectivity index (χ1v) is 6.61. The van der Waals surface area contributed by atoms with Crippen LogP contribution in [0.2, 0.25) is 0 Å². The Hall–Kier alpha value is -1.63. The van der Waals surface area contributed by atoms with E-state index in [9.17, 15) is 5.11 Å². The molecule has 20 heavy (non-hydrogen) atoms. The Labute approximate surface area is 115 Å². The van der Waals surface area contributed by atoms with E-state index in [0.717, 1.165) is 17.0 Å². The first kappa shape index (κ1) is 12.1. The molecule has 2 fully saturated rings. The zero-order valence-corrected chi connectivity index (χ0v) is 10.9. The molecule has 0 saturated carbocycles. The van der Waals surface area contributed by atoms with Crippen molar-refractivity contribution in [3.8, 4) is 5.75 Å². The summed E-state index contributed by atoms with van der Waals surface area (Å²) in [4.78, 5) is 5.47. The van der Waals surface area contributed by atoms with E-state index in [1.807, 2.05) is 24.3 Å². The summed E-state index contributed by atoms with van der Waals surface area (Å²) in [6, 6.07) is 7.55. The van der Waals surface area contributed by atoms with Crippen molar-refractivity contribution < 1.29 is 24.2 Å². The van der Waals surface area contributed by atoms with Crippen molar-refractivity contribution >= 4 is 5.71 Å². The highest BCUT2D eigenvalue weighted by atomic mass is 16.8. The smallest absolute Gasteiger partial charge is 0.184 e. The van der Waals surface area contributed by atoms with Gasteiger partial charge in [0.25, 0.3) is 0 Å². The highest BCUT2D eigenvalue weighted by Crippen LogP contribution is 2.39. The Morgan fingerprint density at radius 1 is 1.30 bits per heavy atom. The number of fused-ring (bicyclic) bond motifs is 4. The number of aliphatic hydroxyl groups is 1. The van der Waals surface area contributed by atoms with Gasteiger partial charge < -0.3 is 24.2 Å². The molecule has 3 aliphatic rings. The molecule has 0 unspecified atom stereocenters. The fourth-order valence-corrected chi connectivity index (χ4v) is 3.02. The third-order valence-corrected chi connectivity index (χ3v) is 4.08. The Kier molecular flexibility index (Phi) is 2.70. The molecule has 0 spiro atoms. The van der Waals surface area contributed by atoms with Crippen LogP contribution in [0.3, 0.4) is 0 Å². The number of ether oxygens (including phenoxy) is 3. The van der Waals surface area contributed by atoms with Gasteiger partial charge in [-0.2, -0.15) is 0 Å². The maximum Gasteiger partial charge on any atom is 0.184 e. The van der Waals surface area contributed by atoms with Crippen LogP contribution in [-0.2, 0) is 14.3 Å². The summed E-state index contributed by atoms with van der Waals surface area (Å²) in [6.45, 7) is 0.439. The van der Waals surface area contributed by atoms with Crippen molar-refractivity contribution in [2.45, 2.75) is 24.6 Å². The normalized spacial score (nSPS) is 38.1. The maximum absolute atomic E-state index is 10.4. The van der Waals surface area contributed by atoms with Gasteiger partial charge in [0.15, 0.2) is 12.4 Å². The molecule has 0 amide bonds. The number of aliphatic hydroxyl groups excluding tert-OH is 1. The summed E-state index contributed by atoms with van der Waals surface area (Å²) in [5, 5.41) is 14.5. The summed E-state index contributed by atoms with van der Waals surface area (Å²) in [7, 11) is 1.62. The van der Waals surface area contributed by atoms with Gasteiger partial charge in [-0.05, 0) is 24.3 Å². The minimum atomic E-state index is -0.762. The van der Waals surface area contributed by atoms with E-state index in [1.165, 1.54) is 0 Å². The van der Waals surface area contributed by atoms with Crippen LogP contribution in [0, 0.1) is 5.92 Å². The monoisotopic (exact) mass is 277 g/mol. The second-order valence-electron chi connectivity index (χ2n) is 5.17. The number of hydrogen-bond donors (Lipinski definition) is 1. The number of methoxy groups -OCH3 is 1. The van der Waals surface area contributed by atoms with E-state index in [1.54, 1.807) is 7.11 Å². The quantitative estimate of drug-likeness (QED) is 0.854. The molecule has 5 atom stereocenters. The predicted molar refractivity (Wildman–Crippen MR) is 68.5 cm³/mol. The van der Waals surface area contributed by atoms with Crippen LogP contribution in [0.25, 0.3) is 0 Å². The molecule has 2 saturated heterocycles. The van der Waals surface area contributed by atoms with E-state index < -0.39 is 12.4 Å². The van der Waals surface area contributed by atoms with Crippen LogP contribution >= 0.6 is 0 Å². The summed E-state index contributed by atoms with van der Waals surface area (Å²) in [6.07, 6.45) is -1.78. The standard InChI is InChI=1S/C14H15NO5/c1-17-8-4-2-7(3-5-8)11-10-12(16)14-18-6-9(19-14)13(10)20-15-11/h2-5,9-10,12-14,16H,6H2,1H3/t9-,10+,12-,13-,14-/m1/s1. The zero-order chi connectivity index (χ0) is 13.7. The average Bonchev–Trinajstić information content (AvgIpc) is 3.11. The van der Waals surface area contributed by atoms with Crippen molar-refractivity contribution in [1.82, 2.24) is 0 Å². The van der Waals surface area contributed by atoms with Crippen LogP contribution in [0.15, 0.2) is 29.4 Å². The van der Waals surface area contributed by atoms with E-state index in [0.29, 0.717) is 6.61 Å². The SMILES string of the molecule is COc1ccc(C2=NO[C@H]3[C@@H]2[C@@H](O)[C@@H]2OC[C@H]3O2)cc1. The molecule has 0 radical (unpaired) electrons. The van der Waals surface area contributed by atoms with Crippen LogP contribution < -0.4 is 4.74 Å². The number of rotatable bonds is 2. The molecule has 1 aromatic rings. The van der Waals surface area contributed by atoms with Crippen molar-refractivity contribution in [3.05, 3.63) is 29.8 Å². The molecular weight excluding hydrogens is 262 g/mol. The fraction of sp³-hybridized carbons (Fsp3) is 0.500. The van der Waals surface area contributed by atoms with E-state index in [-0.39, 0.29) is 18.1 Å². The second kappa shape index (κ2) is 4.44. The number of nitrogens with zero attached hydrogens (tertiary/aromatic N) is 1. The van der Waals surface area contributed by atoms with E-state index in [4.69, 9.17) is 19.0 Å². The highest BCUT2D eigenvalue weighted by Gasteiger charge is 2.56. The first-order valence-electron chi connectivity index (χ1n) is 6.61. The van der Waals surface area contributed by atoms with Crippen molar-refractivity contribution in [1.29, 1.82) is 0 Å². The summed E-state index contributed by atoms with van der Waals surface area (Å²) >= 11 is 0. The molecule has 0 aromatic heterocycles. The predicted octanol–water partition coefficient (Wildman–Crippen LogP) is 0.530. The van der Waals surface area contributed by atoms with Crippen LogP contribution in [0.5, 0.6) is 5.75 Å². The van der Waals surface area contributed by atoms with Gasteiger partial charge in [0.2, 0.25) is 0 Å². The summed E-state index contributed by atoms with van der Waals surface area (Å²) in [5.74, 6) is 0.565. The highest BCUT2D eigenvalue weighted by molar-refractivity contribution is 6.03. The lowest BCUT2D eigenvalue weighted by Gasteiger charge is -2.32. The van der Waals surface area contributed by atoms with Gasteiger partial charge in [-0.3, -0.25) is 0 Å². The van der Waals surface area contributed by atoms with Crippen molar-refractivity contribution in [2.24, 2.45) is 11.1 Å². The molecule has 6 heteroatoms. The Balaban J connectivity index is 1.65. The van der Waals surface area contributed by atoms with E-state index >= 15 is 0 Å². The first-order chi connectivity index (χ1) is 9.78. The Morgan fingerprint density at radius 3 is 2.85 bits per heavy atom. The molecule has 2 bridgehead atoms. The molecule has 3 heterocycles. The molecule has 1 aromatic carbocycles. The van der Waals surface area contributed by atoms with Crippen LogP contribution in [0.4, 0.5) is 0 Å². The Bertz CT molecular complexity index is 543. The fourth-order valence-electron chi connectivity index (χ4n) is 3.02. The average molecular weight is 277 g/mol. The lowest BCUT2D eigenvalue weighted by atomic mass is 9.84. The largest absolute Gasteiger partial charge is 0.497 e. The van der Waals surface area contributed by atoms with Gasteiger partial charge >= 0.3 is 0 Å². The van der Waals surface area contributed by atoms with Crippen LogP contribution in [-0.4, -0.2) is 49.1 Å². The molecule has 3 aliphatic heterocycles. The van der Waals surface area contributed by atoms with Crippen molar-refractivity contribution in [2.75, 3.05) is 13.7 Å². The lowest BCUT2D eigenvalue weighted by molar-refractivity contribution is -0.197. The van der Waals surface area contributed by atoms with Gasteiger partial charge in [-0.1, -0.05) is 5.16 Å². The topological polar surface area (TPSA) is 69.5 Å². The van der Waals surface area contributed by atoms with Gasteiger partial charge in [0.1, 0.15) is 18.0 Å². The number of benzene rings is 1. The Morgan fingerprint density at radius 2 is 2.10 bits per heavy atom. The molecule has 6 nitrogen and oxygen atoms in total. The second-order valence-corrected chi connectivity index (χ2v) is 5.17. The molecule has 4 rings (SSSR count). The van der Waals surface area contributed by atoms with Gasteiger partial charge in [0, 0.05) is 5.56 Å². The molecular formula is C14H15NO5. The van der Waals surface area contributed by atoms with Gasteiger partial charge in [-0.25, -0.2) is 0 Å². The maximum atomic E-state index is 10.4. The third kappa shape index (κ3) is 1.65. The molecule has 1 N–H and O–H groups in total. The van der Waals surface area contributed by atoms with Crippen molar-refractivity contribution in [3.63, 3.8) is 0 Å². The van der Waals surface area contributed by atoms with E-state index in [2.05, 4.69) is 5.16 Å². The minimum Gasteiger partial charge on any atom is -0.497 e. The van der Waals surface area contributed by atoms with Gasteiger partial charge in [0.05, 0.1) is 25.3 Å². The number of hydrogen-bond acceptors (Lipinski definition) is 6. The zero-order valence-electron chi connectivity index (χ0n) is 10.9. The minimum absolute atomic E-state index is 0.159. The van der Waals surface area contributed by atoms with Crippen LogP contribution in [0.1, 0.15) is 5.56 Å². The summed E-state index contributed by atoms with van der Waals surface area (Å²) < 4.78 is 16.1. The lowest BCUT2D eigenvalue weighted by Crippen LogP contribution is -2.51. The third-order valence-electron chi connectivity index (χ3n) is 4.08. The number of oxime groups is 1. The van der Waals surface area contributed by atoms with Gasteiger partial charge in [-0.15, -0.1) is 0 Å². The summed E-state index contributed by atoms with van der Waals surface area (Å²) in [5.41, 5.74) is 1.66. The molecule has 0 aliphatic carbocycles.